The molecule has 1 aromatic carbocycles. The van der Waals surface area contributed by atoms with Crippen LogP contribution in [0.3, 0.4) is 0 Å². The van der Waals surface area contributed by atoms with E-state index >= 15 is 0 Å². The Labute approximate surface area is 104 Å². The van der Waals surface area contributed by atoms with Crippen molar-refractivity contribution in [2.75, 3.05) is 14.2 Å². The number of ether oxygens (including phenoxy) is 2. The van der Waals surface area contributed by atoms with Gasteiger partial charge in [0.05, 0.1) is 11.5 Å². The predicted octanol–water partition coefficient (Wildman–Crippen LogP) is 2.17. The van der Waals surface area contributed by atoms with E-state index in [1.54, 1.807) is 16.8 Å². The van der Waals surface area contributed by atoms with Crippen molar-refractivity contribution >= 4 is 16.6 Å². The Morgan fingerprint density at radius 2 is 2.06 bits per heavy atom. The van der Waals surface area contributed by atoms with Gasteiger partial charge in [0.25, 0.3) is 5.69 Å². The minimum Gasteiger partial charge on any atom is -0.354 e. The molecular formula is C12H14N2O4. The van der Waals surface area contributed by atoms with Crippen molar-refractivity contribution in [3.63, 3.8) is 0 Å². The number of nitro benzene ring substituents is 1. The first-order valence-corrected chi connectivity index (χ1v) is 5.45. The second-order valence-electron chi connectivity index (χ2n) is 3.84. The number of nitro groups is 1. The number of nitrogens with zero attached hydrogens (tertiary/aromatic N) is 2. The Morgan fingerprint density at radius 3 is 2.67 bits per heavy atom. The molecule has 96 valence electrons. The molecule has 0 atom stereocenters. The lowest BCUT2D eigenvalue weighted by atomic mass is 10.2. The van der Waals surface area contributed by atoms with Gasteiger partial charge in [-0.1, -0.05) is 12.1 Å². The molecule has 0 aliphatic heterocycles. The van der Waals surface area contributed by atoms with Crippen LogP contribution in [-0.4, -0.2) is 30.0 Å². The zero-order valence-corrected chi connectivity index (χ0v) is 10.2. The quantitative estimate of drug-likeness (QED) is 0.463. The van der Waals surface area contributed by atoms with Crippen LogP contribution in [0.15, 0.2) is 30.5 Å². The van der Waals surface area contributed by atoms with Crippen LogP contribution in [0.5, 0.6) is 0 Å². The lowest BCUT2D eigenvalue weighted by Gasteiger charge is -2.14. The predicted molar refractivity (Wildman–Crippen MR) is 66.4 cm³/mol. The molecule has 0 bridgehead atoms. The van der Waals surface area contributed by atoms with Gasteiger partial charge >= 0.3 is 0 Å². The molecule has 1 heterocycles. The first-order chi connectivity index (χ1) is 8.67. The van der Waals surface area contributed by atoms with E-state index in [0.29, 0.717) is 12.1 Å². The fraction of sp³-hybridized carbons (Fsp3) is 0.333. The number of fused-ring (bicyclic) bond motifs is 1. The van der Waals surface area contributed by atoms with Crippen molar-refractivity contribution in [3.05, 3.63) is 40.6 Å². The number of methoxy groups -OCH3 is 2. The normalized spacial score (nSPS) is 11.3. The van der Waals surface area contributed by atoms with Gasteiger partial charge in [0.15, 0.2) is 6.29 Å². The molecule has 6 nitrogen and oxygen atoms in total. The van der Waals surface area contributed by atoms with Crippen LogP contribution in [0, 0.1) is 10.1 Å². The summed E-state index contributed by atoms with van der Waals surface area (Å²) in [6.07, 6.45) is 1.36. The molecule has 2 rings (SSSR count). The third-order valence-corrected chi connectivity index (χ3v) is 2.84. The minimum absolute atomic E-state index is 0.0865. The highest BCUT2D eigenvalue weighted by Gasteiger charge is 2.17. The molecule has 0 aliphatic rings. The first kappa shape index (κ1) is 12.5. The highest BCUT2D eigenvalue weighted by atomic mass is 16.7. The van der Waals surface area contributed by atoms with Gasteiger partial charge in [0.1, 0.15) is 5.52 Å². The van der Waals surface area contributed by atoms with Gasteiger partial charge in [-0.2, -0.15) is 0 Å². The smallest absolute Gasteiger partial charge is 0.293 e. The zero-order valence-electron chi connectivity index (χ0n) is 10.2. The standard InChI is InChI=1S/C12H14N2O4/c1-17-11(18-2)8-13-7-6-9-4-3-5-10(12(9)13)14(15)16/h3-7,11H,8H2,1-2H3. The summed E-state index contributed by atoms with van der Waals surface area (Å²) >= 11 is 0. The van der Waals surface area contributed by atoms with Gasteiger partial charge in [-0.25, -0.2) is 0 Å². The zero-order chi connectivity index (χ0) is 13.1. The summed E-state index contributed by atoms with van der Waals surface area (Å²) in [6, 6.07) is 6.85. The van der Waals surface area contributed by atoms with E-state index in [-0.39, 0.29) is 10.6 Å². The van der Waals surface area contributed by atoms with Crippen LogP contribution in [-0.2, 0) is 16.0 Å². The number of aromatic nitrogens is 1. The molecule has 0 unspecified atom stereocenters. The number of hydrogen-bond acceptors (Lipinski definition) is 4. The van der Waals surface area contributed by atoms with Gasteiger partial charge in [-0.05, 0) is 6.07 Å². The van der Waals surface area contributed by atoms with Crippen LogP contribution >= 0.6 is 0 Å². The monoisotopic (exact) mass is 250 g/mol. The van der Waals surface area contributed by atoms with E-state index in [1.165, 1.54) is 20.3 Å². The Hall–Kier alpha value is -1.92. The number of rotatable bonds is 5. The molecule has 0 fully saturated rings. The Morgan fingerprint density at radius 1 is 1.33 bits per heavy atom. The fourth-order valence-electron chi connectivity index (χ4n) is 1.95. The van der Waals surface area contributed by atoms with E-state index in [9.17, 15) is 10.1 Å². The van der Waals surface area contributed by atoms with Gasteiger partial charge in [-0.15, -0.1) is 0 Å². The molecule has 0 spiro atoms. The van der Waals surface area contributed by atoms with Crippen LogP contribution in [0.1, 0.15) is 0 Å². The lowest BCUT2D eigenvalue weighted by Crippen LogP contribution is -2.20. The van der Waals surface area contributed by atoms with Crippen LogP contribution < -0.4 is 0 Å². The van der Waals surface area contributed by atoms with E-state index < -0.39 is 6.29 Å². The van der Waals surface area contributed by atoms with Crippen molar-refractivity contribution in [2.24, 2.45) is 0 Å². The summed E-state index contributed by atoms with van der Waals surface area (Å²) < 4.78 is 12.0. The number of benzene rings is 1. The summed E-state index contributed by atoms with van der Waals surface area (Å²) in [6.45, 7) is 0.404. The molecule has 0 saturated carbocycles. The Bertz CT molecular complexity index is 560. The number of hydrogen-bond donors (Lipinski definition) is 0. The van der Waals surface area contributed by atoms with E-state index in [2.05, 4.69) is 0 Å². The van der Waals surface area contributed by atoms with Gasteiger partial charge in [-0.3, -0.25) is 10.1 Å². The SMILES string of the molecule is COC(Cn1ccc2cccc([N+](=O)[O-])c21)OC. The summed E-state index contributed by atoms with van der Waals surface area (Å²) in [5, 5.41) is 11.8. The van der Waals surface area contributed by atoms with E-state index in [0.717, 1.165) is 5.39 Å². The second kappa shape index (κ2) is 5.16. The summed E-state index contributed by atoms with van der Waals surface area (Å²) in [5.41, 5.74) is 0.671. The van der Waals surface area contributed by atoms with Crippen molar-refractivity contribution in [3.8, 4) is 0 Å². The van der Waals surface area contributed by atoms with Crippen LogP contribution in [0.25, 0.3) is 10.9 Å². The van der Waals surface area contributed by atoms with E-state index in [4.69, 9.17) is 9.47 Å². The van der Waals surface area contributed by atoms with Crippen molar-refractivity contribution in [1.82, 2.24) is 4.57 Å². The highest BCUT2D eigenvalue weighted by molar-refractivity contribution is 5.88. The van der Waals surface area contributed by atoms with E-state index in [1.807, 2.05) is 12.1 Å². The Balaban J connectivity index is 2.48. The fourth-order valence-corrected chi connectivity index (χ4v) is 1.95. The number of para-hydroxylation sites is 1. The van der Waals surface area contributed by atoms with Gasteiger partial charge in [0, 0.05) is 31.9 Å². The summed E-state index contributed by atoms with van der Waals surface area (Å²) in [5.74, 6) is 0. The third-order valence-electron chi connectivity index (χ3n) is 2.84. The molecule has 0 aliphatic carbocycles. The molecule has 0 radical (unpaired) electrons. The van der Waals surface area contributed by atoms with Crippen molar-refractivity contribution in [2.45, 2.75) is 12.8 Å². The van der Waals surface area contributed by atoms with Crippen LogP contribution in [0.2, 0.25) is 0 Å². The Kier molecular flexibility index (Phi) is 3.59. The molecule has 0 amide bonds. The topological polar surface area (TPSA) is 66.5 Å². The first-order valence-electron chi connectivity index (χ1n) is 5.45. The second-order valence-corrected chi connectivity index (χ2v) is 3.84. The maximum Gasteiger partial charge on any atom is 0.293 e. The average Bonchev–Trinajstić information content (AvgIpc) is 2.78. The van der Waals surface area contributed by atoms with Crippen molar-refractivity contribution in [1.29, 1.82) is 0 Å². The molecule has 18 heavy (non-hydrogen) atoms. The van der Waals surface area contributed by atoms with Crippen molar-refractivity contribution < 1.29 is 14.4 Å². The molecular weight excluding hydrogens is 236 g/mol. The lowest BCUT2D eigenvalue weighted by molar-refractivity contribution is -0.383. The summed E-state index contributed by atoms with van der Waals surface area (Å²) in [4.78, 5) is 10.6. The largest absolute Gasteiger partial charge is 0.354 e. The molecule has 1 aromatic heterocycles. The average molecular weight is 250 g/mol. The molecule has 0 saturated heterocycles. The third kappa shape index (κ3) is 2.20. The number of non-ortho nitro benzene ring substituents is 1. The van der Waals surface area contributed by atoms with Gasteiger partial charge in [0.2, 0.25) is 0 Å². The highest BCUT2D eigenvalue weighted by Crippen LogP contribution is 2.26. The molecule has 0 N–H and O–H groups in total. The minimum atomic E-state index is -0.430. The van der Waals surface area contributed by atoms with Gasteiger partial charge < -0.3 is 14.0 Å². The molecule has 6 heteroatoms. The summed E-state index contributed by atoms with van der Waals surface area (Å²) in [7, 11) is 3.07. The van der Waals surface area contributed by atoms with Crippen LogP contribution in [0.4, 0.5) is 5.69 Å². The maximum absolute atomic E-state index is 11.0. The molecule has 2 aromatic rings. The maximum atomic E-state index is 11.0.